The predicted octanol–water partition coefficient (Wildman–Crippen LogP) is 13.5. The molecule has 0 amide bonds. The summed E-state index contributed by atoms with van der Waals surface area (Å²) in [5.74, 6) is -3.94. The average Bonchev–Trinajstić information content (AvgIpc) is 3.42. The third kappa shape index (κ3) is 14.0. The highest BCUT2D eigenvalue weighted by molar-refractivity contribution is 7.90. The Morgan fingerprint density at radius 3 is 1.04 bits per heavy atom. The Bertz CT molecular complexity index is 3250. The van der Waals surface area contributed by atoms with Crippen molar-refractivity contribution in [3.63, 3.8) is 0 Å². The number of rotatable bonds is 12. The first-order valence-electron chi connectivity index (χ1n) is 25.1. The summed E-state index contributed by atoms with van der Waals surface area (Å²) in [5, 5.41) is 29.0. The van der Waals surface area contributed by atoms with E-state index in [-0.39, 0.29) is 54.7 Å². The summed E-state index contributed by atoms with van der Waals surface area (Å²) >= 11 is 0. The molecule has 0 heterocycles. The van der Waals surface area contributed by atoms with E-state index >= 15 is 26.3 Å². The van der Waals surface area contributed by atoms with Crippen molar-refractivity contribution in [2.75, 3.05) is 23.8 Å². The number of benzene rings is 6. The van der Waals surface area contributed by atoms with Crippen molar-refractivity contribution in [2.45, 2.75) is 127 Å². The van der Waals surface area contributed by atoms with Crippen LogP contribution < -0.4 is 20.1 Å². The minimum absolute atomic E-state index is 0.00322. The molecule has 0 saturated heterocycles. The van der Waals surface area contributed by atoms with Crippen LogP contribution in [0.3, 0.4) is 0 Å². The molecule has 0 aliphatic heterocycles. The van der Waals surface area contributed by atoms with Gasteiger partial charge in [-0.25, -0.2) is 0 Å². The van der Waals surface area contributed by atoms with Gasteiger partial charge in [-0.1, -0.05) is 116 Å². The maximum Gasteiger partial charge on any atom is 0.450 e. The zero-order valence-corrected chi connectivity index (χ0v) is 46.0. The second-order valence-electron chi connectivity index (χ2n) is 21.1. The number of phenols is 2. The molecular weight excluding hydrogens is 1060 g/mol. The zero-order valence-electron chi connectivity index (χ0n) is 44.4. The van der Waals surface area contributed by atoms with Gasteiger partial charge < -0.3 is 30.3 Å². The highest BCUT2D eigenvalue weighted by Gasteiger charge is 2.40. The number of sulfonamides is 2. The molecule has 4 N–H and O–H groups in total. The van der Waals surface area contributed by atoms with Gasteiger partial charge in [0.15, 0.2) is 0 Å². The molecule has 0 aromatic heterocycles. The summed E-state index contributed by atoms with van der Waals surface area (Å²) in [6.45, 7) is 16.4. The molecular formula is C58H62F6N4O8S2. The Morgan fingerprint density at radius 2 is 0.769 bits per heavy atom. The standard InChI is InChI=1S/C58H62F6N4O8S2/c1-9-21-75-51-39-24-37-33-45(65-53(57(59,60)61)67-77(71,72)47-17-13-11-14-18-47)31-35(49(37)69)23-36-32-46(66-54(58(62,63)64)68-78(73,74)48-19-15-12-16-20-48)34-38(50(36)70)25-40-28-44(56(6,7)8)30-42(52(40)76-22-10-2)26-41(51)29-43(27-39)55(3,4)5/h11-20,27-34,69-70H,9-10,21-26H2,1-8H3,(H,65,67)(H,66,68). The number of nitrogens with zero attached hydrogens (tertiary/aromatic N) is 2. The lowest BCUT2D eigenvalue weighted by atomic mass is 9.81. The Labute approximate surface area is 451 Å². The Balaban J connectivity index is 1.56. The number of anilines is 2. The van der Waals surface area contributed by atoms with E-state index in [9.17, 15) is 27.0 Å². The third-order valence-corrected chi connectivity index (χ3v) is 15.3. The molecule has 0 spiro atoms. The Kier molecular flexibility index (Phi) is 17.1. The molecule has 7 rings (SSSR count). The first kappa shape index (κ1) is 58.6. The molecule has 0 fully saturated rings. The van der Waals surface area contributed by atoms with Gasteiger partial charge in [0.05, 0.1) is 23.0 Å². The number of hydrogen-bond acceptors (Lipinski definition) is 8. The highest BCUT2D eigenvalue weighted by atomic mass is 32.2. The zero-order chi connectivity index (χ0) is 57.2. The maximum atomic E-state index is 15.0. The molecule has 6 aromatic carbocycles. The quantitative estimate of drug-likeness (QED) is 0.0399. The van der Waals surface area contributed by atoms with Crippen molar-refractivity contribution in [1.82, 2.24) is 0 Å². The number of amidine groups is 2. The SMILES string of the molecule is CCCOc1c2cc(C(C)(C)C)cc1Cc1cc(C(C)(C)C)cc(c1OCCC)Cc1cc(N/C(=N/S(=O)(=O)c3ccccc3)C(F)(F)F)cc(c1O)Cc1cc(N/C(=N\S(=O)(=O)c3ccccc3)C(F)(F)F)cc(c1O)C2. The molecule has 0 atom stereocenters. The fraction of sp³-hybridized carbons (Fsp3) is 0.345. The van der Waals surface area contributed by atoms with Gasteiger partial charge >= 0.3 is 12.4 Å². The van der Waals surface area contributed by atoms with Crippen LogP contribution in [0.2, 0.25) is 0 Å². The third-order valence-electron chi connectivity index (χ3n) is 12.7. The van der Waals surface area contributed by atoms with Crippen molar-refractivity contribution >= 4 is 43.1 Å². The van der Waals surface area contributed by atoms with Crippen LogP contribution >= 0.6 is 0 Å². The summed E-state index contributed by atoms with van der Waals surface area (Å²) < 4.78 is 163. The van der Waals surface area contributed by atoms with Crippen molar-refractivity contribution in [2.24, 2.45) is 8.80 Å². The molecule has 0 saturated carbocycles. The average molecular weight is 1120 g/mol. The van der Waals surface area contributed by atoms with Crippen LogP contribution in [0.1, 0.15) is 124 Å². The van der Waals surface area contributed by atoms with Crippen LogP contribution in [-0.2, 0) is 56.6 Å². The summed E-state index contributed by atoms with van der Waals surface area (Å²) in [6, 6.07) is 24.9. The van der Waals surface area contributed by atoms with Gasteiger partial charge in [0.1, 0.15) is 23.0 Å². The van der Waals surface area contributed by atoms with Crippen molar-refractivity contribution < 1.29 is 62.9 Å². The normalized spacial score (nSPS) is 14.0. The van der Waals surface area contributed by atoms with E-state index in [1.807, 2.05) is 79.7 Å². The van der Waals surface area contributed by atoms with E-state index in [4.69, 9.17) is 9.47 Å². The summed E-state index contributed by atoms with van der Waals surface area (Å²) in [5.41, 5.74) is 2.03. The van der Waals surface area contributed by atoms with Gasteiger partial charge in [0.25, 0.3) is 20.0 Å². The molecule has 20 heteroatoms. The molecule has 78 heavy (non-hydrogen) atoms. The molecule has 0 radical (unpaired) electrons. The molecule has 0 unspecified atom stereocenters. The summed E-state index contributed by atoms with van der Waals surface area (Å²) in [6.07, 6.45) is -10.4. The topological polar surface area (TPSA) is 176 Å². The fourth-order valence-corrected chi connectivity index (χ4v) is 10.8. The van der Waals surface area contributed by atoms with Gasteiger partial charge in [-0.3, -0.25) is 0 Å². The fourth-order valence-electron chi connectivity index (χ4n) is 8.80. The number of phenolic OH excluding ortho intramolecular Hbond substituents is 2. The summed E-state index contributed by atoms with van der Waals surface area (Å²) in [4.78, 5) is -1.05. The maximum absolute atomic E-state index is 15.0. The Hall–Kier alpha value is -7.06. The van der Waals surface area contributed by atoms with E-state index in [1.54, 1.807) is 0 Å². The first-order valence-corrected chi connectivity index (χ1v) is 28.0. The van der Waals surface area contributed by atoms with Crippen molar-refractivity contribution in [1.29, 1.82) is 0 Å². The van der Waals surface area contributed by atoms with Gasteiger partial charge in [-0.15, -0.1) is 8.80 Å². The van der Waals surface area contributed by atoms with E-state index in [1.165, 1.54) is 48.5 Å². The van der Waals surface area contributed by atoms with Crippen LogP contribution in [0.25, 0.3) is 0 Å². The number of fused-ring (bicyclic) bond motifs is 8. The van der Waals surface area contributed by atoms with Crippen molar-refractivity contribution in [3.8, 4) is 23.0 Å². The molecule has 1 aliphatic rings. The lowest BCUT2D eigenvalue weighted by Gasteiger charge is -2.27. The molecule has 12 nitrogen and oxygen atoms in total. The molecule has 8 bridgehead atoms. The minimum atomic E-state index is -5.40. The minimum Gasteiger partial charge on any atom is -0.507 e. The largest absolute Gasteiger partial charge is 0.507 e. The van der Waals surface area contributed by atoms with Gasteiger partial charge in [0, 0.05) is 59.3 Å². The van der Waals surface area contributed by atoms with Gasteiger partial charge in [-0.2, -0.15) is 43.2 Å². The number of alkyl halides is 6. The Morgan fingerprint density at radius 1 is 0.487 bits per heavy atom. The highest BCUT2D eigenvalue weighted by Crippen LogP contribution is 2.44. The smallest absolute Gasteiger partial charge is 0.450 e. The first-order chi connectivity index (χ1) is 36.4. The van der Waals surface area contributed by atoms with E-state index in [2.05, 4.69) is 19.4 Å². The van der Waals surface area contributed by atoms with E-state index in [0.29, 0.717) is 46.6 Å². The van der Waals surface area contributed by atoms with Crippen LogP contribution in [0.5, 0.6) is 23.0 Å². The van der Waals surface area contributed by atoms with E-state index < -0.39 is 94.0 Å². The number of hydrogen-bond donors (Lipinski definition) is 4. The number of aromatic hydroxyl groups is 2. The second kappa shape index (κ2) is 22.7. The number of ether oxygens (including phenoxy) is 2. The van der Waals surface area contributed by atoms with Gasteiger partial charge in [-0.05, 0) is 106 Å². The van der Waals surface area contributed by atoms with Gasteiger partial charge in [0.2, 0.25) is 11.7 Å². The van der Waals surface area contributed by atoms with Crippen LogP contribution in [0, 0.1) is 0 Å². The lowest BCUT2D eigenvalue weighted by molar-refractivity contribution is -0.0593. The van der Waals surface area contributed by atoms with Crippen LogP contribution in [-0.4, -0.2) is 64.3 Å². The van der Waals surface area contributed by atoms with Crippen molar-refractivity contribution in [3.05, 3.63) is 165 Å². The molecule has 1 aliphatic carbocycles. The lowest BCUT2D eigenvalue weighted by Crippen LogP contribution is -2.31. The predicted molar refractivity (Wildman–Crippen MR) is 291 cm³/mol. The van der Waals surface area contributed by atoms with Crippen LogP contribution in [0.15, 0.2) is 128 Å². The second-order valence-corrected chi connectivity index (χ2v) is 24.3. The van der Waals surface area contributed by atoms with Crippen LogP contribution in [0.4, 0.5) is 37.7 Å². The molecule has 416 valence electrons. The number of halogens is 6. The molecule has 6 aromatic rings. The monoisotopic (exact) mass is 1120 g/mol. The van der Waals surface area contributed by atoms with E-state index in [0.717, 1.165) is 47.5 Å². The summed E-state index contributed by atoms with van der Waals surface area (Å²) in [7, 11) is -9.94. The number of nitrogens with one attached hydrogen (secondary N) is 2.